The van der Waals surface area contributed by atoms with E-state index in [-0.39, 0.29) is 23.4 Å². The lowest BCUT2D eigenvalue weighted by molar-refractivity contribution is 0.0209. The monoisotopic (exact) mass is 359 g/mol. The summed E-state index contributed by atoms with van der Waals surface area (Å²) in [6.07, 6.45) is 2.32. The number of hydrogen-bond acceptors (Lipinski definition) is 5. The number of rotatable bonds is 6. The Balaban J connectivity index is 0.00000264. The first-order chi connectivity index (χ1) is 10.6. The molecule has 23 heavy (non-hydrogen) atoms. The van der Waals surface area contributed by atoms with Gasteiger partial charge in [0.2, 0.25) is 10.0 Å². The zero-order valence-corrected chi connectivity index (χ0v) is 14.5. The first-order valence-electron chi connectivity index (χ1n) is 7.40. The van der Waals surface area contributed by atoms with Gasteiger partial charge < -0.3 is 10.5 Å². The van der Waals surface area contributed by atoms with E-state index in [2.05, 4.69) is 0 Å². The molecule has 0 atom stereocenters. The SMILES string of the molecule is Cl.N#Cc1ccc(S(=O)(=O)N2CCC(OCCCN)CC2)cc1. The van der Waals surface area contributed by atoms with Gasteiger partial charge in [-0.15, -0.1) is 12.4 Å². The summed E-state index contributed by atoms with van der Waals surface area (Å²) in [5.74, 6) is 0. The molecule has 0 aromatic heterocycles. The van der Waals surface area contributed by atoms with Crippen molar-refractivity contribution >= 4 is 22.4 Å². The Labute approximate surface area is 143 Å². The van der Waals surface area contributed by atoms with Gasteiger partial charge in [-0.25, -0.2) is 8.42 Å². The quantitative estimate of drug-likeness (QED) is 0.776. The molecule has 1 fully saturated rings. The number of piperidine rings is 1. The van der Waals surface area contributed by atoms with Crippen molar-refractivity contribution in [3.63, 3.8) is 0 Å². The van der Waals surface area contributed by atoms with Crippen LogP contribution in [-0.4, -0.2) is 45.1 Å². The molecule has 1 aliphatic rings. The van der Waals surface area contributed by atoms with Crippen LogP contribution in [0.2, 0.25) is 0 Å². The van der Waals surface area contributed by atoms with Crippen LogP contribution in [0, 0.1) is 11.3 Å². The highest BCUT2D eigenvalue weighted by Gasteiger charge is 2.29. The first kappa shape index (κ1) is 19.9. The summed E-state index contributed by atoms with van der Waals surface area (Å²) in [5, 5.41) is 8.77. The van der Waals surface area contributed by atoms with Crippen LogP contribution in [0.25, 0.3) is 0 Å². The van der Waals surface area contributed by atoms with E-state index in [0.717, 1.165) is 6.42 Å². The van der Waals surface area contributed by atoms with Gasteiger partial charge in [-0.1, -0.05) is 0 Å². The van der Waals surface area contributed by atoms with Crippen LogP contribution < -0.4 is 5.73 Å². The summed E-state index contributed by atoms with van der Waals surface area (Å²) in [6, 6.07) is 8.00. The fourth-order valence-electron chi connectivity index (χ4n) is 2.42. The van der Waals surface area contributed by atoms with Crippen LogP contribution in [0.1, 0.15) is 24.8 Å². The van der Waals surface area contributed by atoms with Gasteiger partial charge in [-0.05, 0) is 50.1 Å². The zero-order valence-electron chi connectivity index (χ0n) is 12.8. The van der Waals surface area contributed by atoms with Gasteiger partial charge >= 0.3 is 0 Å². The van der Waals surface area contributed by atoms with Gasteiger partial charge in [0.1, 0.15) is 0 Å². The lowest BCUT2D eigenvalue weighted by Gasteiger charge is -2.31. The van der Waals surface area contributed by atoms with Crippen molar-refractivity contribution in [3.05, 3.63) is 29.8 Å². The van der Waals surface area contributed by atoms with Crippen LogP contribution in [0.3, 0.4) is 0 Å². The lowest BCUT2D eigenvalue weighted by atomic mass is 10.1. The number of nitrogens with two attached hydrogens (primary N) is 1. The van der Waals surface area contributed by atoms with E-state index < -0.39 is 10.0 Å². The van der Waals surface area contributed by atoms with Crippen molar-refractivity contribution in [2.45, 2.75) is 30.3 Å². The zero-order chi connectivity index (χ0) is 16.0. The first-order valence-corrected chi connectivity index (χ1v) is 8.84. The van der Waals surface area contributed by atoms with Gasteiger partial charge in [-0.2, -0.15) is 9.57 Å². The Kier molecular flexibility index (Phi) is 7.95. The average molecular weight is 360 g/mol. The van der Waals surface area contributed by atoms with Crippen molar-refractivity contribution < 1.29 is 13.2 Å². The largest absolute Gasteiger partial charge is 0.378 e. The van der Waals surface area contributed by atoms with E-state index in [0.29, 0.717) is 44.6 Å². The highest BCUT2D eigenvalue weighted by atomic mass is 35.5. The summed E-state index contributed by atoms with van der Waals surface area (Å²) in [6.45, 7) is 2.14. The molecule has 0 unspecified atom stereocenters. The number of hydrogen-bond donors (Lipinski definition) is 1. The molecule has 0 spiro atoms. The second-order valence-electron chi connectivity index (χ2n) is 5.25. The molecule has 1 aromatic carbocycles. The highest BCUT2D eigenvalue weighted by Crippen LogP contribution is 2.22. The molecule has 128 valence electrons. The second kappa shape index (κ2) is 9.21. The van der Waals surface area contributed by atoms with Gasteiger partial charge in [0.05, 0.1) is 22.6 Å². The molecule has 0 bridgehead atoms. The Hall–Kier alpha value is -1.17. The van der Waals surface area contributed by atoms with E-state index >= 15 is 0 Å². The lowest BCUT2D eigenvalue weighted by Crippen LogP contribution is -2.41. The van der Waals surface area contributed by atoms with Crippen LogP contribution in [-0.2, 0) is 14.8 Å². The molecule has 6 nitrogen and oxygen atoms in total. The maximum atomic E-state index is 12.5. The Morgan fingerprint density at radius 3 is 2.39 bits per heavy atom. The van der Waals surface area contributed by atoms with Gasteiger partial charge in [0.25, 0.3) is 0 Å². The fourth-order valence-corrected chi connectivity index (χ4v) is 3.89. The molecule has 0 aliphatic carbocycles. The number of benzene rings is 1. The fraction of sp³-hybridized carbons (Fsp3) is 0.533. The van der Waals surface area contributed by atoms with Gasteiger partial charge in [0, 0.05) is 19.7 Å². The maximum Gasteiger partial charge on any atom is 0.243 e. The maximum absolute atomic E-state index is 12.5. The van der Waals surface area contributed by atoms with Gasteiger partial charge in [-0.3, -0.25) is 0 Å². The molecule has 1 saturated heterocycles. The van der Waals surface area contributed by atoms with Crippen molar-refractivity contribution in [1.29, 1.82) is 5.26 Å². The number of nitrogens with zero attached hydrogens (tertiary/aromatic N) is 2. The summed E-state index contributed by atoms with van der Waals surface area (Å²) in [7, 11) is -3.49. The minimum Gasteiger partial charge on any atom is -0.378 e. The van der Waals surface area contributed by atoms with E-state index in [1.807, 2.05) is 6.07 Å². The van der Waals surface area contributed by atoms with E-state index in [9.17, 15) is 8.42 Å². The molecule has 0 saturated carbocycles. The average Bonchev–Trinajstić information content (AvgIpc) is 2.55. The van der Waals surface area contributed by atoms with E-state index in [1.165, 1.54) is 28.6 Å². The standard InChI is InChI=1S/C15H21N3O3S.ClH/c16-8-1-11-21-14-6-9-18(10-7-14)22(19,20)15-4-2-13(12-17)3-5-15;/h2-5,14H,1,6-11,16H2;1H. The van der Waals surface area contributed by atoms with E-state index in [1.54, 1.807) is 0 Å². The third-order valence-corrected chi connectivity index (χ3v) is 5.64. The van der Waals surface area contributed by atoms with Crippen molar-refractivity contribution in [3.8, 4) is 6.07 Å². The Morgan fingerprint density at radius 2 is 1.87 bits per heavy atom. The Morgan fingerprint density at radius 1 is 1.26 bits per heavy atom. The number of sulfonamides is 1. The van der Waals surface area contributed by atoms with E-state index in [4.69, 9.17) is 15.7 Å². The topological polar surface area (TPSA) is 96.4 Å². The van der Waals surface area contributed by atoms with Crippen LogP contribution in [0.5, 0.6) is 0 Å². The third kappa shape index (κ3) is 5.16. The highest BCUT2D eigenvalue weighted by molar-refractivity contribution is 7.89. The summed E-state index contributed by atoms with van der Waals surface area (Å²) < 4.78 is 32.2. The predicted molar refractivity (Wildman–Crippen MR) is 89.8 cm³/mol. The van der Waals surface area contributed by atoms with Crippen LogP contribution in [0.4, 0.5) is 0 Å². The molecule has 8 heteroatoms. The Bertz CT molecular complexity index is 620. The minimum atomic E-state index is -3.49. The third-order valence-electron chi connectivity index (χ3n) is 3.72. The normalized spacial score (nSPS) is 16.5. The molecule has 2 rings (SSSR count). The predicted octanol–water partition coefficient (Wildman–Crippen LogP) is 1.50. The molecule has 1 aromatic rings. The smallest absolute Gasteiger partial charge is 0.243 e. The van der Waals surface area contributed by atoms with Crippen LogP contribution in [0.15, 0.2) is 29.2 Å². The van der Waals surface area contributed by atoms with Crippen molar-refractivity contribution in [2.24, 2.45) is 5.73 Å². The van der Waals surface area contributed by atoms with Crippen molar-refractivity contribution in [2.75, 3.05) is 26.2 Å². The van der Waals surface area contributed by atoms with Crippen LogP contribution >= 0.6 is 12.4 Å². The minimum absolute atomic E-state index is 0. The summed E-state index contributed by atoms with van der Waals surface area (Å²) >= 11 is 0. The molecular weight excluding hydrogens is 338 g/mol. The molecule has 0 amide bonds. The van der Waals surface area contributed by atoms with Gasteiger partial charge in [0.15, 0.2) is 0 Å². The summed E-state index contributed by atoms with van der Waals surface area (Å²) in [5.41, 5.74) is 5.87. The molecular formula is C15H22ClN3O3S. The summed E-state index contributed by atoms with van der Waals surface area (Å²) in [4.78, 5) is 0.231. The number of halogens is 1. The number of ether oxygens (including phenoxy) is 1. The number of nitriles is 1. The molecule has 2 N–H and O–H groups in total. The molecule has 0 radical (unpaired) electrons. The van der Waals surface area contributed by atoms with Crippen molar-refractivity contribution in [1.82, 2.24) is 4.31 Å². The second-order valence-corrected chi connectivity index (χ2v) is 7.19. The molecule has 1 heterocycles. The molecule has 1 aliphatic heterocycles.